The number of fused-ring (bicyclic) bond motifs is 2. The summed E-state index contributed by atoms with van der Waals surface area (Å²) in [5, 5.41) is 21.0. The van der Waals surface area contributed by atoms with Gasteiger partial charge < -0.3 is 48.1 Å². The molecule has 0 fully saturated rings. The fourth-order valence-electron chi connectivity index (χ4n) is 9.03. The number of benzene rings is 8. The summed E-state index contributed by atoms with van der Waals surface area (Å²) in [6.07, 6.45) is 0. The predicted octanol–water partition coefficient (Wildman–Crippen LogP) is 14.0. The first-order chi connectivity index (χ1) is 39.0. The Morgan fingerprint density at radius 3 is 1.19 bits per heavy atom. The van der Waals surface area contributed by atoms with Crippen LogP contribution in [-0.4, -0.2) is 98.1 Å². The van der Waals surface area contributed by atoms with Crippen molar-refractivity contribution in [3.8, 4) is 69.0 Å². The van der Waals surface area contributed by atoms with Crippen molar-refractivity contribution in [2.75, 3.05) is 68.3 Å². The highest BCUT2D eigenvalue weighted by Gasteiger charge is 2.24. The van der Waals surface area contributed by atoms with Gasteiger partial charge in [-0.1, -0.05) is 37.4 Å². The number of hydrogen-bond acceptors (Lipinski definition) is 16. The SMILES string of the molecule is CCN(Cc1cc(OC)ccc1O)CN(CC)Cc1cc(Oc2ccc(Sc3ccc(OC)cc3)cc2)ccc1O.COc1ccc(Sc2ccc(Oc3ccc4c(c3)CN(CN3COc5ccc(OC)cc5C3)CO4)cc2)cc1. The van der Waals surface area contributed by atoms with Crippen LogP contribution in [0.1, 0.15) is 36.1 Å². The Morgan fingerprint density at radius 2 is 0.762 bits per heavy atom. The van der Waals surface area contributed by atoms with Crippen LogP contribution in [0.4, 0.5) is 0 Å². The maximum Gasteiger partial charge on any atom is 0.143 e. The second-order valence-electron chi connectivity index (χ2n) is 19.0. The molecule has 2 aliphatic heterocycles. The third kappa shape index (κ3) is 15.8. The van der Waals surface area contributed by atoms with Crippen LogP contribution >= 0.6 is 23.5 Å². The average molecular weight is 1120 g/mol. The van der Waals surface area contributed by atoms with Crippen molar-refractivity contribution in [2.24, 2.45) is 0 Å². The fourth-order valence-corrected chi connectivity index (χ4v) is 10.7. The second-order valence-corrected chi connectivity index (χ2v) is 21.3. The van der Waals surface area contributed by atoms with Crippen molar-refractivity contribution in [3.63, 3.8) is 0 Å². The van der Waals surface area contributed by atoms with E-state index in [1.165, 1.54) is 0 Å². The van der Waals surface area contributed by atoms with Crippen molar-refractivity contribution >= 4 is 23.5 Å². The number of rotatable bonds is 22. The van der Waals surface area contributed by atoms with Crippen LogP contribution in [0.2, 0.25) is 0 Å². The van der Waals surface area contributed by atoms with Gasteiger partial charge in [0.2, 0.25) is 0 Å². The molecule has 0 aromatic heterocycles. The molecule has 2 heterocycles. The Bertz CT molecular complexity index is 3260. The summed E-state index contributed by atoms with van der Waals surface area (Å²) in [5.74, 6) is 8.52. The first kappa shape index (κ1) is 57.0. The van der Waals surface area contributed by atoms with Crippen LogP contribution in [0.3, 0.4) is 0 Å². The summed E-state index contributed by atoms with van der Waals surface area (Å²) in [6.45, 7) is 11.0. The number of phenols is 2. The first-order valence-electron chi connectivity index (χ1n) is 26.4. The second kappa shape index (κ2) is 27.9. The van der Waals surface area contributed by atoms with Crippen molar-refractivity contribution in [1.82, 2.24) is 19.6 Å². The van der Waals surface area contributed by atoms with E-state index in [4.69, 9.17) is 37.9 Å². The topological polar surface area (TPSA) is 127 Å². The molecular formula is C64H68N4O10S2. The van der Waals surface area contributed by atoms with Crippen LogP contribution in [0, 0.1) is 0 Å². The Balaban J connectivity index is 0.000000194. The van der Waals surface area contributed by atoms with Gasteiger partial charge in [-0.05, 0) is 183 Å². The van der Waals surface area contributed by atoms with Crippen LogP contribution in [0.5, 0.6) is 69.0 Å². The number of nitrogens with zero attached hydrogens (tertiary/aromatic N) is 4. The number of hydrogen-bond donors (Lipinski definition) is 2. The minimum absolute atomic E-state index is 0.232. The zero-order chi connectivity index (χ0) is 55.8. The van der Waals surface area contributed by atoms with E-state index in [9.17, 15) is 10.2 Å². The molecule has 0 saturated heterocycles. The first-order valence-corrected chi connectivity index (χ1v) is 28.0. The molecule has 0 radical (unpaired) electrons. The Labute approximate surface area is 477 Å². The third-order valence-corrected chi connectivity index (χ3v) is 15.5. The number of ether oxygens (including phenoxy) is 8. The van der Waals surface area contributed by atoms with E-state index in [1.54, 1.807) is 76.2 Å². The maximum absolute atomic E-state index is 10.6. The Kier molecular flexibility index (Phi) is 19.9. The number of aromatic hydroxyl groups is 2. The van der Waals surface area contributed by atoms with Crippen molar-refractivity contribution in [3.05, 3.63) is 192 Å². The van der Waals surface area contributed by atoms with E-state index in [1.807, 2.05) is 115 Å². The van der Waals surface area contributed by atoms with Gasteiger partial charge in [-0.2, -0.15) is 0 Å². The van der Waals surface area contributed by atoms with Crippen LogP contribution in [0.25, 0.3) is 0 Å². The zero-order valence-electron chi connectivity index (χ0n) is 46.0. The molecule has 2 N–H and O–H groups in total. The highest BCUT2D eigenvalue weighted by Crippen LogP contribution is 2.37. The lowest BCUT2D eigenvalue weighted by atomic mass is 10.1. The van der Waals surface area contributed by atoms with Crippen molar-refractivity contribution in [2.45, 2.75) is 59.6 Å². The van der Waals surface area contributed by atoms with Gasteiger partial charge in [-0.15, -0.1) is 0 Å². The van der Waals surface area contributed by atoms with Gasteiger partial charge in [0.1, 0.15) is 82.5 Å². The largest absolute Gasteiger partial charge is 0.508 e. The molecule has 0 saturated carbocycles. The fraction of sp³-hybridized carbons (Fsp3) is 0.250. The molecule has 16 heteroatoms. The van der Waals surface area contributed by atoms with E-state index in [0.29, 0.717) is 44.7 Å². The molecule has 80 heavy (non-hydrogen) atoms. The zero-order valence-corrected chi connectivity index (χ0v) is 47.6. The summed E-state index contributed by atoms with van der Waals surface area (Å²) in [4.78, 5) is 13.5. The molecule has 8 aromatic rings. The lowest BCUT2D eigenvalue weighted by molar-refractivity contribution is -0.00353. The molecule has 8 aromatic carbocycles. The van der Waals surface area contributed by atoms with E-state index >= 15 is 0 Å². The summed E-state index contributed by atoms with van der Waals surface area (Å²) in [5.41, 5.74) is 3.83. The molecule has 0 atom stereocenters. The van der Waals surface area contributed by atoms with Gasteiger partial charge in [0, 0.05) is 68.0 Å². The van der Waals surface area contributed by atoms with E-state index < -0.39 is 0 Å². The highest BCUT2D eigenvalue weighted by molar-refractivity contribution is 7.99. The summed E-state index contributed by atoms with van der Waals surface area (Å²) >= 11 is 3.37. The molecule has 0 aliphatic carbocycles. The number of phenolic OH excluding ortho intramolecular Hbond substituents is 2. The molecule has 416 valence electrons. The quantitative estimate of drug-likeness (QED) is 0.0624. The molecule has 0 unspecified atom stereocenters. The van der Waals surface area contributed by atoms with E-state index in [0.717, 1.165) is 121 Å². The van der Waals surface area contributed by atoms with Gasteiger partial charge in [-0.25, -0.2) is 0 Å². The minimum atomic E-state index is 0.232. The van der Waals surface area contributed by atoms with Crippen LogP contribution < -0.4 is 37.9 Å². The maximum atomic E-state index is 10.6. The van der Waals surface area contributed by atoms with E-state index in [2.05, 4.69) is 63.8 Å². The molecule has 10 rings (SSSR count). The normalized spacial score (nSPS) is 13.0. The Hall–Kier alpha value is -7.70. The molecular weight excluding hydrogens is 1050 g/mol. The third-order valence-electron chi connectivity index (χ3n) is 13.4. The monoisotopic (exact) mass is 1120 g/mol. The van der Waals surface area contributed by atoms with Gasteiger partial charge >= 0.3 is 0 Å². The minimum Gasteiger partial charge on any atom is -0.508 e. The predicted molar refractivity (Wildman–Crippen MR) is 313 cm³/mol. The average Bonchev–Trinajstić information content (AvgIpc) is 3.50. The smallest absolute Gasteiger partial charge is 0.143 e. The van der Waals surface area contributed by atoms with Gasteiger partial charge in [-0.3, -0.25) is 19.6 Å². The molecule has 14 nitrogen and oxygen atoms in total. The summed E-state index contributed by atoms with van der Waals surface area (Å²) < 4.78 is 45.5. The van der Waals surface area contributed by atoms with E-state index in [-0.39, 0.29) is 11.5 Å². The molecule has 2 aliphatic rings. The summed E-state index contributed by atoms with van der Waals surface area (Å²) in [6, 6.07) is 54.7. The standard InChI is InChI=1S/C33H38N2O5S.C31H30N2O5S/c1-5-34(21-24-19-28(39-4)11-17-32(24)36)23-35(6-2)22-25-20-29(12-18-33(25)37)40-27-9-15-31(16-10-27)41-30-13-7-26(38-3)8-14-30;1-34-24-3-9-28(10-4-24)39-29-11-5-25(6-12-29)38-27-8-14-31-23(16-27)18-33(21-37-31)19-32-17-22-15-26(35-2)7-13-30(22)36-20-32/h7-20,36-37H,5-6,21-23H2,1-4H3;3-16H,17-21H2,1-2H3. The van der Waals surface area contributed by atoms with Gasteiger partial charge in [0.05, 0.1) is 41.8 Å². The Morgan fingerprint density at radius 1 is 0.425 bits per heavy atom. The molecule has 0 bridgehead atoms. The number of methoxy groups -OCH3 is 4. The molecule has 0 amide bonds. The van der Waals surface area contributed by atoms with Crippen molar-refractivity contribution < 1.29 is 48.1 Å². The van der Waals surface area contributed by atoms with Gasteiger partial charge in [0.15, 0.2) is 0 Å². The lowest BCUT2D eigenvalue weighted by Gasteiger charge is -2.35. The van der Waals surface area contributed by atoms with Crippen LogP contribution in [-0.2, 0) is 26.2 Å². The molecule has 0 spiro atoms. The van der Waals surface area contributed by atoms with Crippen LogP contribution in [0.15, 0.2) is 189 Å². The summed E-state index contributed by atoms with van der Waals surface area (Å²) in [7, 11) is 6.64. The lowest BCUT2D eigenvalue weighted by Crippen LogP contribution is -2.44. The highest BCUT2D eigenvalue weighted by atomic mass is 32.2. The van der Waals surface area contributed by atoms with Gasteiger partial charge in [0.25, 0.3) is 0 Å². The van der Waals surface area contributed by atoms with Crippen molar-refractivity contribution in [1.29, 1.82) is 0 Å².